The van der Waals surface area contributed by atoms with Crippen LogP contribution in [-0.4, -0.2) is 41.4 Å². The lowest BCUT2D eigenvalue weighted by Gasteiger charge is -2.26. The van der Waals surface area contributed by atoms with Crippen molar-refractivity contribution in [1.82, 2.24) is 4.90 Å². The standard InChI is InChI=1S/C30H29NO3/c32-23-8-11-26-22(16-23)18-29-28(26)17-21-4-7-24(33)19-27(21)30(29)20-5-9-25(10-6-20)34-15-14-31-12-2-1-3-13-31/h4-11,16-17,19,32-33H,1-3,12-15,18H2. The number of benzene rings is 4. The van der Waals surface area contributed by atoms with Crippen LogP contribution in [0.3, 0.4) is 0 Å². The van der Waals surface area contributed by atoms with Gasteiger partial charge in [0.05, 0.1) is 0 Å². The monoisotopic (exact) mass is 451 g/mol. The molecule has 0 unspecified atom stereocenters. The van der Waals surface area contributed by atoms with E-state index in [0.29, 0.717) is 12.4 Å². The number of piperidine rings is 1. The molecule has 4 nitrogen and oxygen atoms in total. The maximum absolute atomic E-state index is 10.3. The Hall–Kier alpha value is -3.50. The van der Waals surface area contributed by atoms with Crippen molar-refractivity contribution in [1.29, 1.82) is 0 Å². The third-order valence-corrected chi connectivity index (χ3v) is 7.25. The molecule has 1 aliphatic carbocycles. The molecule has 0 atom stereocenters. The average Bonchev–Trinajstić information content (AvgIpc) is 3.21. The minimum absolute atomic E-state index is 0.263. The molecule has 4 aromatic rings. The van der Waals surface area contributed by atoms with Gasteiger partial charge in [0.1, 0.15) is 23.9 Å². The van der Waals surface area contributed by atoms with E-state index in [2.05, 4.69) is 23.1 Å². The van der Waals surface area contributed by atoms with E-state index in [1.54, 1.807) is 12.1 Å². The van der Waals surface area contributed by atoms with Crippen molar-refractivity contribution in [3.05, 3.63) is 77.9 Å². The number of nitrogens with zero attached hydrogens (tertiary/aromatic N) is 1. The maximum Gasteiger partial charge on any atom is 0.119 e. The number of ether oxygens (including phenoxy) is 1. The predicted molar refractivity (Wildman–Crippen MR) is 137 cm³/mol. The molecule has 34 heavy (non-hydrogen) atoms. The van der Waals surface area contributed by atoms with E-state index in [4.69, 9.17) is 4.74 Å². The minimum Gasteiger partial charge on any atom is -0.508 e. The van der Waals surface area contributed by atoms with E-state index in [0.717, 1.165) is 46.2 Å². The third-order valence-electron chi connectivity index (χ3n) is 7.25. The summed E-state index contributed by atoms with van der Waals surface area (Å²) in [6, 6.07) is 21.7. The van der Waals surface area contributed by atoms with E-state index in [-0.39, 0.29) is 5.75 Å². The molecule has 1 saturated heterocycles. The summed E-state index contributed by atoms with van der Waals surface area (Å²) in [6.07, 6.45) is 4.70. The van der Waals surface area contributed by atoms with Crippen molar-refractivity contribution in [3.63, 3.8) is 0 Å². The SMILES string of the molecule is Oc1ccc2c(c1)Cc1c-2cc2ccc(O)cc2c1-c1ccc(OCCN2CCCCC2)cc1. The van der Waals surface area contributed by atoms with Crippen LogP contribution in [0.5, 0.6) is 17.2 Å². The van der Waals surface area contributed by atoms with Crippen LogP contribution in [0, 0.1) is 0 Å². The number of rotatable bonds is 5. The number of likely N-dealkylation sites (tertiary alicyclic amines) is 1. The van der Waals surface area contributed by atoms with Gasteiger partial charge in [0.15, 0.2) is 0 Å². The second-order valence-corrected chi connectivity index (χ2v) is 9.48. The number of aromatic hydroxyl groups is 2. The number of hydrogen-bond acceptors (Lipinski definition) is 4. The van der Waals surface area contributed by atoms with Crippen LogP contribution in [0.25, 0.3) is 33.0 Å². The van der Waals surface area contributed by atoms with E-state index in [1.807, 2.05) is 36.4 Å². The predicted octanol–water partition coefficient (Wildman–Crippen LogP) is 6.35. The summed E-state index contributed by atoms with van der Waals surface area (Å²) in [4.78, 5) is 2.49. The molecule has 1 fully saturated rings. The summed E-state index contributed by atoms with van der Waals surface area (Å²) in [6.45, 7) is 4.04. The molecule has 2 N–H and O–H groups in total. The van der Waals surface area contributed by atoms with Crippen molar-refractivity contribution < 1.29 is 14.9 Å². The number of fused-ring (bicyclic) bond motifs is 4. The molecule has 0 saturated carbocycles. The average molecular weight is 452 g/mol. The fraction of sp³-hybridized carbons (Fsp3) is 0.267. The Labute approximate surface area is 200 Å². The largest absolute Gasteiger partial charge is 0.508 e. The lowest BCUT2D eigenvalue weighted by atomic mass is 9.90. The minimum atomic E-state index is 0.263. The highest BCUT2D eigenvalue weighted by Crippen LogP contribution is 2.46. The van der Waals surface area contributed by atoms with Crippen LogP contribution >= 0.6 is 0 Å². The molecule has 0 spiro atoms. The van der Waals surface area contributed by atoms with Gasteiger partial charge >= 0.3 is 0 Å². The van der Waals surface area contributed by atoms with E-state index in [9.17, 15) is 10.2 Å². The van der Waals surface area contributed by atoms with E-state index in [1.165, 1.54) is 49.0 Å². The molecule has 0 amide bonds. The molecule has 172 valence electrons. The Balaban J connectivity index is 1.34. The number of phenolic OH excluding ortho intramolecular Hbond substituents is 2. The summed E-state index contributed by atoms with van der Waals surface area (Å²) in [5.41, 5.74) is 6.98. The summed E-state index contributed by atoms with van der Waals surface area (Å²) in [7, 11) is 0. The van der Waals surface area contributed by atoms with Gasteiger partial charge in [-0.1, -0.05) is 30.7 Å². The molecule has 4 heteroatoms. The summed E-state index contributed by atoms with van der Waals surface area (Å²) >= 11 is 0. The molecular weight excluding hydrogens is 422 g/mol. The molecule has 0 bridgehead atoms. The molecule has 1 aliphatic heterocycles. The van der Waals surface area contributed by atoms with E-state index >= 15 is 0 Å². The zero-order valence-corrected chi connectivity index (χ0v) is 19.3. The van der Waals surface area contributed by atoms with Gasteiger partial charge in [0.2, 0.25) is 0 Å². The molecule has 0 aromatic heterocycles. The first-order valence-electron chi connectivity index (χ1n) is 12.2. The van der Waals surface area contributed by atoms with Crippen molar-refractivity contribution in [3.8, 4) is 39.5 Å². The second-order valence-electron chi connectivity index (χ2n) is 9.48. The lowest BCUT2D eigenvalue weighted by Crippen LogP contribution is -2.33. The first-order chi connectivity index (χ1) is 16.7. The van der Waals surface area contributed by atoms with Crippen LogP contribution < -0.4 is 4.74 Å². The van der Waals surface area contributed by atoms with Crippen molar-refractivity contribution in [2.45, 2.75) is 25.7 Å². The molecule has 0 radical (unpaired) electrons. The highest BCUT2D eigenvalue weighted by Gasteiger charge is 2.24. The third kappa shape index (κ3) is 3.88. The maximum atomic E-state index is 10.3. The van der Waals surface area contributed by atoms with Gasteiger partial charge in [-0.15, -0.1) is 0 Å². The van der Waals surface area contributed by atoms with Crippen LogP contribution in [0.2, 0.25) is 0 Å². The van der Waals surface area contributed by atoms with Gasteiger partial charge in [-0.25, -0.2) is 0 Å². The topological polar surface area (TPSA) is 52.9 Å². The van der Waals surface area contributed by atoms with Gasteiger partial charge < -0.3 is 14.9 Å². The quantitative estimate of drug-likeness (QED) is 0.327. The van der Waals surface area contributed by atoms with Gasteiger partial charge in [0, 0.05) is 6.54 Å². The van der Waals surface area contributed by atoms with Crippen LogP contribution in [0.1, 0.15) is 30.4 Å². The Morgan fingerprint density at radius 2 is 1.53 bits per heavy atom. The molecular formula is C30H29NO3. The van der Waals surface area contributed by atoms with Crippen LogP contribution in [0.4, 0.5) is 0 Å². The fourth-order valence-electron chi connectivity index (χ4n) is 5.55. The first-order valence-corrected chi connectivity index (χ1v) is 12.2. The second kappa shape index (κ2) is 8.69. The number of phenols is 2. The smallest absolute Gasteiger partial charge is 0.119 e. The van der Waals surface area contributed by atoms with Crippen LogP contribution in [0.15, 0.2) is 66.7 Å². The van der Waals surface area contributed by atoms with Gasteiger partial charge in [-0.2, -0.15) is 0 Å². The lowest BCUT2D eigenvalue weighted by molar-refractivity contribution is 0.183. The summed E-state index contributed by atoms with van der Waals surface area (Å²) < 4.78 is 6.05. The highest BCUT2D eigenvalue weighted by atomic mass is 16.5. The molecule has 4 aromatic carbocycles. The Kier molecular flexibility index (Phi) is 5.39. The fourth-order valence-corrected chi connectivity index (χ4v) is 5.55. The molecule has 1 heterocycles. The molecule has 2 aliphatic rings. The van der Waals surface area contributed by atoms with Crippen molar-refractivity contribution in [2.24, 2.45) is 0 Å². The van der Waals surface area contributed by atoms with Crippen molar-refractivity contribution >= 4 is 10.8 Å². The Bertz CT molecular complexity index is 1350. The zero-order valence-electron chi connectivity index (χ0n) is 19.3. The van der Waals surface area contributed by atoms with Gasteiger partial charge in [0.25, 0.3) is 0 Å². The van der Waals surface area contributed by atoms with Crippen LogP contribution in [-0.2, 0) is 6.42 Å². The Morgan fingerprint density at radius 3 is 2.35 bits per heavy atom. The summed E-state index contributed by atoms with van der Waals surface area (Å²) in [5.74, 6) is 1.44. The van der Waals surface area contributed by atoms with Gasteiger partial charge in [-0.3, -0.25) is 4.90 Å². The Morgan fingerprint density at radius 1 is 0.765 bits per heavy atom. The zero-order chi connectivity index (χ0) is 23.1. The number of hydrogen-bond donors (Lipinski definition) is 2. The highest BCUT2D eigenvalue weighted by molar-refractivity contribution is 6.04. The first kappa shape index (κ1) is 21.1. The molecule has 6 rings (SSSR count). The normalized spacial score (nSPS) is 15.3. The van der Waals surface area contributed by atoms with Crippen molar-refractivity contribution in [2.75, 3.05) is 26.2 Å². The summed E-state index contributed by atoms with van der Waals surface area (Å²) in [5, 5.41) is 22.4. The van der Waals surface area contributed by atoms with Gasteiger partial charge in [-0.05, 0) is 119 Å². The van der Waals surface area contributed by atoms with E-state index < -0.39 is 0 Å².